The molecule has 1 fully saturated rings. The number of pyridine rings is 1. The van der Waals surface area contributed by atoms with Crippen molar-refractivity contribution in [2.75, 3.05) is 20.1 Å². The van der Waals surface area contributed by atoms with E-state index in [9.17, 15) is 24.9 Å². The molecule has 6 aromatic rings. The number of H-pyrrole nitrogens is 1. The zero-order valence-corrected chi connectivity index (χ0v) is 34.5. The summed E-state index contributed by atoms with van der Waals surface area (Å²) in [6.45, 7) is 2.48. The van der Waals surface area contributed by atoms with Gasteiger partial charge in [0.15, 0.2) is 0 Å². The number of rotatable bonds is 14. The van der Waals surface area contributed by atoms with Gasteiger partial charge in [-0.15, -0.1) is 27.8 Å². The fourth-order valence-corrected chi connectivity index (χ4v) is 10.8. The number of nitrogens with one attached hydrogen (secondary N) is 2. The number of ether oxygens (including phenoxy) is 1. The molecule has 12 nitrogen and oxygen atoms in total. The van der Waals surface area contributed by atoms with E-state index in [-0.39, 0.29) is 17.4 Å². The minimum absolute atomic E-state index is 0.0370. The molecule has 0 amide bonds. The number of fused-ring (bicyclic) bond motifs is 4. The Bertz CT molecular complexity index is 2430. The number of aryl methyl sites for hydroxylation is 2. The van der Waals surface area contributed by atoms with Gasteiger partial charge in [-0.2, -0.15) is 0 Å². The number of phenolic OH excluding ortho intramolecular Hbond substituents is 1. The van der Waals surface area contributed by atoms with Gasteiger partial charge < -0.3 is 35.3 Å². The van der Waals surface area contributed by atoms with Gasteiger partial charge in [0, 0.05) is 37.1 Å². The van der Waals surface area contributed by atoms with E-state index < -0.39 is 17.7 Å². The normalized spacial score (nSPS) is 17.8. The third-order valence-electron chi connectivity index (χ3n) is 11.5. The Morgan fingerprint density at radius 2 is 1.77 bits per heavy atom. The predicted molar refractivity (Wildman–Crippen MR) is 223 cm³/mol. The fraction of sp³-hybridized carbons (Fsp3) is 0.415. The number of phenols is 1. The molecule has 1 atom stereocenters. The highest BCUT2D eigenvalue weighted by Crippen LogP contribution is 2.42. The van der Waals surface area contributed by atoms with Crippen LogP contribution in [-0.4, -0.2) is 78.4 Å². The van der Waals surface area contributed by atoms with Crippen LogP contribution in [-0.2, 0) is 41.1 Å². The molecule has 1 saturated carbocycles. The Morgan fingerprint density at radius 1 is 1.05 bits per heavy atom. The van der Waals surface area contributed by atoms with Gasteiger partial charge in [0.05, 0.1) is 35.6 Å². The summed E-state index contributed by atoms with van der Waals surface area (Å²) >= 11 is 14.7. The average Bonchev–Trinajstić information content (AvgIpc) is 4.03. The summed E-state index contributed by atoms with van der Waals surface area (Å²) < 4.78 is 8.96. The highest BCUT2D eigenvalue weighted by Gasteiger charge is 2.46. The zero-order chi connectivity index (χ0) is 39.8. The monoisotopic (exact) mass is 850 g/mol. The van der Waals surface area contributed by atoms with E-state index >= 15 is 0 Å². The zero-order valence-electron chi connectivity index (χ0n) is 31.3. The van der Waals surface area contributed by atoms with Crippen LogP contribution in [0.2, 0.25) is 8.67 Å². The number of aromatic nitrogens is 4. The standard InChI is InChI=1S/C41H44Cl2N6O6S2/c1-48(24-6-8-25(9-7-24)55-40(53)41(54,33-13-15-35(42)56-33)34-14-16-36(43)57-34)18-3-19-49-39-29-5-2-4-26(29)23(20-30(39)46-47-49)21-44-22-32(51)27-10-12-31(50)38-28(27)11-17-37(52)45-38/h10-17,20,24-25,32,44,50-51,54H,2-9,18-19,21-22H2,1H3,(H,45,52)/t24?,25?,32-/m0/s1. The maximum Gasteiger partial charge on any atom is 0.349 e. The maximum atomic E-state index is 13.6. The number of hydrogen-bond acceptors (Lipinski definition) is 12. The number of esters is 1. The number of thiophene rings is 2. The molecule has 4 heterocycles. The summed E-state index contributed by atoms with van der Waals surface area (Å²) in [5.74, 6) is -0.741. The van der Waals surface area contributed by atoms with E-state index in [0.29, 0.717) is 66.9 Å². The summed E-state index contributed by atoms with van der Waals surface area (Å²) in [6, 6.07) is 15.3. The van der Waals surface area contributed by atoms with Crippen LogP contribution in [0.5, 0.6) is 5.75 Å². The second-order valence-electron chi connectivity index (χ2n) is 15.0. The molecule has 2 aliphatic carbocycles. The molecule has 4 aromatic heterocycles. The quantitative estimate of drug-likeness (QED) is 0.0734. The summed E-state index contributed by atoms with van der Waals surface area (Å²) in [5.41, 5.74) is 4.43. The van der Waals surface area contributed by atoms with Crippen LogP contribution < -0.4 is 10.9 Å². The van der Waals surface area contributed by atoms with Crippen molar-refractivity contribution >= 4 is 73.8 Å². The second kappa shape index (κ2) is 16.8. The van der Waals surface area contributed by atoms with Crippen LogP contribution in [0, 0.1) is 0 Å². The molecule has 0 radical (unpaired) electrons. The van der Waals surface area contributed by atoms with Crippen molar-refractivity contribution in [2.24, 2.45) is 0 Å². The number of carbonyl (C=O) groups excluding carboxylic acids is 1. The minimum atomic E-state index is -1.96. The highest BCUT2D eigenvalue weighted by molar-refractivity contribution is 7.18. The molecule has 0 bridgehead atoms. The van der Waals surface area contributed by atoms with E-state index in [4.69, 9.17) is 27.9 Å². The number of halogens is 2. The molecule has 8 rings (SSSR count). The molecular formula is C41H44Cl2N6O6S2. The van der Waals surface area contributed by atoms with Gasteiger partial charge in [0.1, 0.15) is 17.4 Å². The molecule has 2 aliphatic rings. The summed E-state index contributed by atoms with van der Waals surface area (Å²) in [5, 5.41) is 46.2. The number of aromatic amines is 1. The van der Waals surface area contributed by atoms with Crippen LogP contribution >= 0.6 is 45.9 Å². The number of hydrogen-bond donors (Lipinski definition) is 5. The van der Waals surface area contributed by atoms with Crippen molar-refractivity contribution in [3.8, 4) is 5.75 Å². The molecule has 0 saturated heterocycles. The van der Waals surface area contributed by atoms with E-state index in [1.807, 2.05) is 4.68 Å². The van der Waals surface area contributed by atoms with Gasteiger partial charge >= 0.3 is 5.97 Å². The lowest BCUT2D eigenvalue weighted by Gasteiger charge is -2.35. The van der Waals surface area contributed by atoms with Crippen molar-refractivity contribution < 1.29 is 24.9 Å². The summed E-state index contributed by atoms with van der Waals surface area (Å²) in [4.78, 5) is 31.2. The van der Waals surface area contributed by atoms with Crippen LogP contribution in [0.25, 0.3) is 21.9 Å². The van der Waals surface area contributed by atoms with Gasteiger partial charge in [-0.3, -0.25) is 4.79 Å². The van der Waals surface area contributed by atoms with Crippen LogP contribution in [0.15, 0.2) is 59.4 Å². The van der Waals surface area contributed by atoms with E-state index in [1.165, 1.54) is 23.3 Å². The molecule has 5 N–H and O–H groups in total. The van der Waals surface area contributed by atoms with Crippen LogP contribution in [0.3, 0.4) is 0 Å². The maximum absolute atomic E-state index is 13.6. The van der Waals surface area contributed by atoms with Gasteiger partial charge in [-0.25, -0.2) is 9.48 Å². The Morgan fingerprint density at radius 3 is 2.47 bits per heavy atom. The molecule has 0 unspecified atom stereocenters. The van der Waals surface area contributed by atoms with Crippen molar-refractivity contribution in [1.82, 2.24) is 30.2 Å². The highest BCUT2D eigenvalue weighted by atomic mass is 35.5. The van der Waals surface area contributed by atoms with Gasteiger partial charge in [0.25, 0.3) is 0 Å². The van der Waals surface area contributed by atoms with Gasteiger partial charge in [-0.05, 0) is 130 Å². The predicted octanol–water partition coefficient (Wildman–Crippen LogP) is 6.83. The fourth-order valence-electron chi connectivity index (χ4n) is 8.50. The van der Waals surface area contributed by atoms with Crippen LogP contribution in [0.1, 0.15) is 76.6 Å². The Labute approximate surface area is 347 Å². The Kier molecular flexibility index (Phi) is 11.8. The average molecular weight is 852 g/mol. The third-order valence-corrected chi connectivity index (χ3v) is 14.1. The molecule has 16 heteroatoms. The van der Waals surface area contributed by atoms with E-state index in [1.54, 1.807) is 36.4 Å². The van der Waals surface area contributed by atoms with E-state index in [2.05, 4.69) is 38.6 Å². The number of carbonyl (C=O) groups is 1. The number of aliphatic hydroxyl groups is 2. The first-order valence-electron chi connectivity index (χ1n) is 19.3. The third kappa shape index (κ3) is 8.11. The molecule has 57 heavy (non-hydrogen) atoms. The summed E-state index contributed by atoms with van der Waals surface area (Å²) in [7, 11) is 2.15. The molecule has 0 aliphatic heterocycles. The largest absolute Gasteiger partial charge is 0.506 e. The summed E-state index contributed by atoms with van der Waals surface area (Å²) in [6.07, 6.45) is 5.96. The molecule has 300 valence electrons. The van der Waals surface area contributed by atoms with Gasteiger partial charge in [0.2, 0.25) is 11.2 Å². The van der Waals surface area contributed by atoms with Crippen molar-refractivity contribution in [2.45, 2.75) is 88.3 Å². The number of aliphatic hydroxyl groups excluding tert-OH is 1. The SMILES string of the molecule is CN(CCCn1nnc2cc(CNC[C@H](O)c3ccc(O)c4[nH]c(=O)ccc34)c3c(c21)CCC3)C1CCC(OC(=O)C(O)(c2ccc(Cl)s2)c2ccc(Cl)s2)CC1. The first kappa shape index (κ1) is 39.9. The Balaban J connectivity index is 0.844. The molecule has 0 spiro atoms. The van der Waals surface area contributed by atoms with Crippen molar-refractivity contribution in [1.29, 1.82) is 0 Å². The first-order chi connectivity index (χ1) is 27.5. The van der Waals surface area contributed by atoms with Crippen LogP contribution in [0.4, 0.5) is 0 Å². The van der Waals surface area contributed by atoms with Crippen molar-refractivity contribution in [3.05, 3.63) is 106 Å². The lowest BCUT2D eigenvalue weighted by Crippen LogP contribution is -2.42. The number of benzene rings is 2. The smallest absolute Gasteiger partial charge is 0.349 e. The minimum Gasteiger partial charge on any atom is -0.506 e. The lowest BCUT2D eigenvalue weighted by atomic mass is 9.91. The lowest BCUT2D eigenvalue weighted by molar-refractivity contribution is -0.169. The second-order valence-corrected chi connectivity index (χ2v) is 18.5. The topological polar surface area (TPSA) is 166 Å². The first-order valence-corrected chi connectivity index (χ1v) is 21.6. The van der Waals surface area contributed by atoms with E-state index in [0.717, 1.165) is 90.9 Å². The molecular weight excluding hydrogens is 808 g/mol. The van der Waals surface area contributed by atoms with Crippen molar-refractivity contribution in [3.63, 3.8) is 0 Å². The Hall–Kier alpha value is -3.86. The van der Waals surface area contributed by atoms with Gasteiger partial charge in [-0.1, -0.05) is 34.5 Å². The number of nitrogens with zero attached hydrogens (tertiary/aromatic N) is 4. The number of aromatic hydroxyl groups is 1. The molecule has 2 aromatic carbocycles.